The maximum Gasteiger partial charge on any atom is 0.330 e. The van der Waals surface area contributed by atoms with Crippen LogP contribution in [0.1, 0.15) is 4.88 Å². The number of hydrogen-bond acceptors (Lipinski definition) is 5. The van der Waals surface area contributed by atoms with E-state index < -0.39 is 5.97 Å². The molecule has 4 nitrogen and oxygen atoms in total. The van der Waals surface area contributed by atoms with E-state index >= 15 is 0 Å². The Morgan fingerprint density at radius 1 is 1.60 bits per heavy atom. The van der Waals surface area contributed by atoms with Gasteiger partial charge >= 0.3 is 5.97 Å². The van der Waals surface area contributed by atoms with Crippen LogP contribution in [-0.2, 0) is 9.53 Å². The number of carbonyl (C=O) groups excluding carboxylic acids is 1. The predicted octanol–water partition coefficient (Wildman–Crippen LogP) is 2.05. The lowest BCUT2D eigenvalue weighted by Gasteiger charge is -2.04. The van der Waals surface area contributed by atoms with E-state index in [1.165, 1.54) is 24.5 Å². The van der Waals surface area contributed by atoms with Crippen molar-refractivity contribution < 1.29 is 9.53 Å². The van der Waals surface area contributed by atoms with Crippen LogP contribution in [-0.4, -0.2) is 32.2 Å². The van der Waals surface area contributed by atoms with Crippen LogP contribution in [0.5, 0.6) is 0 Å². The van der Waals surface area contributed by atoms with Gasteiger partial charge < -0.3 is 9.64 Å². The van der Waals surface area contributed by atoms with Crippen molar-refractivity contribution in [2.75, 3.05) is 26.1 Å². The number of halogens is 1. The number of thiazole rings is 1. The Labute approximate surface area is 97.1 Å². The number of methoxy groups -OCH3 is 1. The molecule has 0 bridgehead atoms. The number of rotatable bonds is 3. The normalized spacial score (nSPS) is 10.7. The summed E-state index contributed by atoms with van der Waals surface area (Å²) in [6.45, 7) is 0. The van der Waals surface area contributed by atoms with E-state index in [1.807, 2.05) is 19.0 Å². The molecular weight excluding hydrogens is 236 g/mol. The third-order valence-corrected chi connectivity index (χ3v) is 3.14. The number of anilines is 1. The fourth-order valence-electron chi connectivity index (χ4n) is 0.808. The maximum atomic E-state index is 10.9. The topological polar surface area (TPSA) is 42.4 Å². The molecular formula is C9H11ClN2O2S. The Morgan fingerprint density at radius 3 is 2.73 bits per heavy atom. The fourth-order valence-corrected chi connectivity index (χ4v) is 1.90. The molecule has 1 aromatic rings. The molecule has 0 aliphatic heterocycles. The quantitative estimate of drug-likeness (QED) is 0.605. The summed E-state index contributed by atoms with van der Waals surface area (Å²) in [6.07, 6.45) is 2.91. The Kier molecular flexibility index (Phi) is 4.11. The highest BCUT2D eigenvalue weighted by Crippen LogP contribution is 2.29. The predicted molar refractivity (Wildman–Crippen MR) is 62.5 cm³/mol. The van der Waals surface area contributed by atoms with Crippen molar-refractivity contribution >= 4 is 40.1 Å². The molecule has 15 heavy (non-hydrogen) atoms. The second kappa shape index (κ2) is 5.14. The highest BCUT2D eigenvalue weighted by atomic mass is 35.5. The summed E-state index contributed by atoms with van der Waals surface area (Å²) < 4.78 is 4.47. The van der Waals surface area contributed by atoms with Crippen LogP contribution in [0.15, 0.2) is 6.08 Å². The second-order valence-electron chi connectivity index (χ2n) is 2.90. The summed E-state index contributed by atoms with van der Waals surface area (Å²) in [6, 6.07) is 0. The Morgan fingerprint density at radius 2 is 2.27 bits per heavy atom. The van der Waals surface area contributed by atoms with Crippen LogP contribution in [0, 0.1) is 0 Å². The van der Waals surface area contributed by atoms with Crippen molar-refractivity contribution in [2.45, 2.75) is 0 Å². The molecule has 82 valence electrons. The summed E-state index contributed by atoms with van der Waals surface area (Å²) in [5, 5.41) is 1.19. The molecule has 0 aromatic carbocycles. The molecule has 0 aliphatic rings. The Balaban J connectivity index is 2.86. The molecule has 0 atom stereocenters. The van der Waals surface area contributed by atoms with Gasteiger partial charge in [-0.15, -0.1) is 0 Å². The van der Waals surface area contributed by atoms with Crippen molar-refractivity contribution in [3.05, 3.63) is 16.1 Å². The summed E-state index contributed by atoms with van der Waals surface area (Å²) in [5.41, 5.74) is 0. The Bertz CT molecular complexity index is 387. The lowest BCUT2D eigenvalue weighted by atomic mass is 10.4. The molecule has 0 saturated carbocycles. The largest absolute Gasteiger partial charge is 0.466 e. The van der Waals surface area contributed by atoms with Crippen molar-refractivity contribution in [1.29, 1.82) is 0 Å². The van der Waals surface area contributed by atoms with E-state index in [-0.39, 0.29) is 0 Å². The van der Waals surface area contributed by atoms with Crippen molar-refractivity contribution in [2.24, 2.45) is 0 Å². The standard InChI is InChI=1S/C9H11ClN2O2S/c1-12(2)9-11-8(10)6(15-9)4-5-7(13)14-3/h4-5H,1-3H3/b5-4+. The first-order valence-electron chi connectivity index (χ1n) is 4.14. The molecule has 0 unspecified atom stereocenters. The molecule has 0 N–H and O–H groups in total. The summed E-state index contributed by atoms with van der Waals surface area (Å²) in [4.78, 5) is 17.6. The maximum absolute atomic E-state index is 10.9. The van der Waals surface area contributed by atoms with E-state index in [4.69, 9.17) is 11.6 Å². The van der Waals surface area contributed by atoms with Gasteiger partial charge in [0.05, 0.1) is 12.0 Å². The fraction of sp³-hybridized carbons (Fsp3) is 0.333. The average Bonchev–Trinajstić information content (AvgIpc) is 2.56. The molecule has 0 spiro atoms. The summed E-state index contributed by atoms with van der Waals surface area (Å²) >= 11 is 7.29. The first kappa shape index (κ1) is 12.0. The van der Waals surface area contributed by atoms with Crippen LogP contribution in [0.4, 0.5) is 5.13 Å². The minimum atomic E-state index is -0.411. The number of aromatic nitrogens is 1. The second-order valence-corrected chi connectivity index (χ2v) is 4.27. The molecule has 0 fully saturated rings. The number of nitrogens with zero attached hydrogens (tertiary/aromatic N) is 2. The van der Waals surface area contributed by atoms with E-state index in [1.54, 1.807) is 6.08 Å². The third kappa shape index (κ3) is 3.21. The van der Waals surface area contributed by atoms with E-state index in [9.17, 15) is 4.79 Å². The lowest BCUT2D eigenvalue weighted by molar-refractivity contribution is -0.134. The number of ether oxygens (including phenoxy) is 1. The molecule has 1 rings (SSSR count). The zero-order chi connectivity index (χ0) is 11.4. The van der Waals surface area contributed by atoms with Gasteiger partial charge in [-0.3, -0.25) is 0 Å². The van der Waals surface area contributed by atoms with E-state index in [0.717, 1.165) is 10.0 Å². The summed E-state index contributed by atoms with van der Waals surface area (Å²) in [7, 11) is 5.08. The lowest BCUT2D eigenvalue weighted by Crippen LogP contribution is -2.07. The van der Waals surface area contributed by atoms with Crippen molar-refractivity contribution in [3.63, 3.8) is 0 Å². The van der Waals surface area contributed by atoms with Gasteiger partial charge in [-0.25, -0.2) is 9.78 Å². The Hall–Kier alpha value is -1.07. The van der Waals surface area contributed by atoms with Gasteiger partial charge in [0.2, 0.25) is 0 Å². The van der Waals surface area contributed by atoms with Crippen molar-refractivity contribution in [3.8, 4) is 0 Å². The summed E-state index contributed by atoms with van der Waals surface area (Å²) in [5.74, 6) is -0.411. The van der Waals surface area contributed by atoms with Gasteiger partial charge in [-0.2, -0.15) is 0 Å². The zero-order valence-electron chi connectivity index (χ0n) is 8.65. The van der Waals surface area contributed by atoms with Crippen LogP contribution >= 0.6 is 22.9 Å². The highest BCUT2D eigenvalue weighted by molar-refractivity contribution is 7.17. The first-order valence-corrected chi connectivity index (χ1v) is 5.33. The molecule has 0 amide bonds. The molecule has 0 radical (unpaired) electrons. The van der Waals surface area contributed by atoms with Gasteiger partial charge in [0, 0.05) is 20.2 Å². The van der Waals surface area contributed by atoms with E-state index in [2.05, 4.69) is 9.72 Å². The van der Waals surface area contributed by atoms with Crippen LogP contribution in [0.3, 0.4) is 0 Å². The molecule has 0 aliphatic carbocycles. The molecule has 1 heterocycles. The zero-order valence-corrected chi connectivity index (χ0v) is 10.2. The first-order chi connectivity index (χ1) is 7.04. The van der Waals surface area contributed by atoms with Crippen LogP contribution in [0.25, 0.3) is 6.08 Å². The molecule has 0 saturated heterocycles. The van der Waals surface area contributed by atoms with Gasteiger partial charge in [-0.1, -0.05) is 22.9 Å². The van der Waals surface area contributed by atoms with E-state index in [0.29, 0.717) is 5.15 Å². The average molecular weight is 247 g/mol. The van der Waals surface area contributed by atoms with Gasteiger partial charge in [0.1, 0.15) is 5.15 Å². The van der Waals surface area contributed by atoms with Crippen molar-refractivity contribution in [1.82, 2.24) is 4.98 Å². The molecule has 1 aromatic heterocycles. The third-order valence-electron chi connectivity index (χ3n) is 1.55. The van der Waals surface area contributed by atoms with Crippen LogP contribution < -0.4 is 4.90 Å². The highest BCUT2D eigenvalue weighted by Gasteiger charge is 2.08. The minimum absolute atomic E-state index is 0.392. The van der Waals surface area contributed by atoms with Crippen LogP contribution in [0.2, 0.25) is 5.15 Å². The smallest absolute Gasteiger partial charge is 0.330 e. The van der Waals surface area contributed by atoms with Gasteiger partial charge in [0.25, 0.3) is 0 Å². The number of esters is 1. The monoisotopic (exact) mass is 246 g/mol. The van der Waals surface area contributed by atoms with Gasteiger partial charge in [-0.05, 0) is 6.08 Å². The van der Waals surface area contributed by atoms with Gasteiger partial charge in [0.15, 0.2) is 5.13 Å². The number of hydrogen-bond donors (Lipinski definition) is 0. The SMILES string of the molecule is COC(=O)/C=C/c1sc(N(C)C)nc1Cl. The number of carbonyl (C=O) groups is 1. The molecule has 6 heteroatoms. The minimum Gasteiger partial charge on any atom is -0.466 e.